The molecule has 5 aromatic rings. The molecular weight excluding hydrogens is 506 g/mol. The molecule has 5 rings (SSSR count). The second kappa shape index (κ2) is 9.71. The quantitative estimate of drug-likeness (QED) is 0.320. The van der Waals surface area contributed by atoms with Crippen LogP contribution in [0.25, 0.3) is 33.7 Å². The number of anilines is 1. The van der Waals surface area contributed by atoms with Crippen LogP contribution >= 0.6 is 0 Å². The molecule has 0 radical (unpaired) electrons. The van der Waals surface area contributed by atoms with Crippen molar-refractivity contribution in [2.24, 2.45) is 0 Å². The molecule has 0 saturated carbocycles. The maximum atomic E-state index is 13.7. The molecule has 0 spiro atoms. The van der Waals surface area contributed by atoms with E-state index in [9.17, 15) is 13.2 Å². The average Bonchev–Trinajstić information content (AvgIpc) is 3.53. The number of rotatable bonds is 7. The molecule has 0 aliphatic carbocycles. The lowest BCUT2D eigenvalue weighted by atomic mass is 10.1. The van der Waals surface area contributed by atoms with E-state index in [1.807, 2.05) is 20.8 Å². The number of nitrogens with one attached hydrogen (secondary N) is 2. The van der Waals surface area contributed by atoms with E-state index in [1.165, 1.54) is 29.5 Å². The standard InChI is InChI=1S/C26H25N7O4S/c1-15(2)29-26-32-31-25(37-26)17-7-10-22-19(13-17)20(23-28-12-11-21(30-23)24(34)27-4)14-33(22)38(35,36)18-8-5-16(3)6-9-18/h5-15H,1-4H3,(H,27,34)(H,29,32). The molecule has 11 nitrogen and oxygen atoms in total. The van der Waals surface area contributed by atoms with Gasteiger partial charge >= 0.3 is 6.01 Å². The highest BCUT2D eigenvalue weighted by molar-refractivity contribution is 7.90. The molecule has 12 heteroatoms. The lowest BCUT2D eigenvalue weighted by Crippen LogP contribution is -2.19. The van der Waals surface area contributed by atoms with Gasteiger partial charge in [0.05, 0.1) is 10.4 Å². The number of benzene rings is 2. The number of hydrogen-bond acceptors (Lipinski definition) is 9. The van der Waals surface area contributed by atoms with Crippen LogP contribution in [0.2, 0.25) is 0 Å². The molecule has 38 heavy (non-hydrogen) atoms. The zero-order valence-electron chi connectivity index (χ0n) is 21.1. The molecule has 0 fully saturated rings. The molecular formula is C26H25N7O4S. The largest absolute Gasteiger partial charge is 0.403 e. The summed E-state index contributed by atoms with van der Waals surface area (Å²) in [6, 6.07) is 13.6. The number of aryl methyl sites for hydroxylation is 1. The number of hydrogen-bond donors (Lipinski definition) is 2. The second-order valence-electron chi connectivity index (χ2n) is 8.94. The van der Waals surface area contributed by atoms with Crippen LogP contribution in [0.5, 0.6) is 0 Å². The van der Waals surface area contributed by atoms with Crippen molar-refractivity contribution in [1.82, 2.24) is 29.5 Å². The van der Waals surface area contributed by atoms with Gasteiger partial charge in [-0.05, 0) is 57.2 Å². The Bertz CT molecular complexity index is 1760. The molecule has 3 aromatic heterocycles. The van der Waals surface area contributed by atoms with E-state index in [0.29, 0.717) is 22.0 Å². The minimum absolute atomic E-state index is 0.100. The highest BCUT2D eigenvalue weighted by atomic mass is 32.2. The second-order valence-corrected chi connectivity index (χ2v) is 10.8. The van der Waals surface area contributed by atoms with Gasteiger partial charge in [-0.25, -0.2) is 22.4 Å². The molecule has 1 amide bonds. The first-order chi connectivity index (χ1) is 18.2. The van der Waals surface area contributed by atoms with Crippen LogP contribution in [0.4, 0.5) is 6.01 Å². The number of amides is 1. The topological polar surface area (TPSA) is 145 Å². The van der Waals surface area contributed by atoms with E-state index in [-0.39, 0.29) is 40.3 Å². The van der Waals surface area contributed by atoms with Crippen LogP contribution in [0.1, 0.15) is 29.9 Å². The maximum absolute atomic E-state index is 13.7. The third-order valence-electron chi connectivity index (χ3n) is 5.79. The van der Waals surface area contributed by atoms with Crippen molar-refractivity contribution in [2.75, 3.05) is 12.4 Å². The first-order valence-electron chi connectivity index (χ1n) is 11.8. The first-order valence-corrected chi connectivity index (χ1v) is 13.2. The van der Waals surface area contributed by atoms with Crippen LogP contribution in [0, 0.1) is 6.92 Å². The molecule has 0 unspecified atom stereocenters. The predicted octanol–water partition coefficient (Wildman–Crippen LogP) is 3.87. The zero-order valence-corrected chi connectivity index (χ0v) is 21.9. The lowest BCUT2D eigenvalue weighted by molar-refractivity contribution is 0.0958. The van der Waals surface area contributed by atoms with Gasteiger partial charge in [0.15, 0.2) is 5.82 Å². The Balaban J connectivity index is 1.72. The van der Waals surface area contributed by atoms with E-state index < -0.39 is 10.0 Å². The molecule has 0 bridgehead atoms. The third-order valence-corrected chi connectivity index (χ3v) is 7.48. The van der Waals surface area contributed by atoms with E-state index in [1.54, 1.807) is 42.5 Å². The van der Waals surface area contributed by atoms with E-state index in [4.69, 9.17) is 4.42 Å². The van der Waals surface area contributed by atoms with E-state index >= 15 is 0 Å². The van der Waals surface area contributed by atoms with Gasteiger partial charge in [0, 0.05) is 42.0 Å². The van der Waals surface area contributed by atoms with Crippen molar-refractivity contribution in [3.63, 3.8) is 0 Å². The molecule has 0 aliphatic heterocycles. The summed E-state index contributed by atoms with van der Waals surface area (Å²) < 4.78 is 34.3. The van der Waals surface area contributed by atoms with Crippen LogP contribution in [0.3, 0.4) is 0 Å². The van der Waals surface area contributed by atoms with Gasteiger partial charge < -0.3 is 15.1 Å². The minimum atomic E-state index is -3.97. The fourth-order valence-corrected chi connectivity index (χ4v) is 5.29. The van der Waals surface area contributed by atoms with E-state index in [0.717, 1.165) is 5.56 Å². The monoisotopic (exact) mass is 531 g/mol. The van der Waals surface area contributed by atoms with Gasteiger partial charge in [-0.15, -0.1) is 5.10 Å². The zero-order chi connectivity index (χ0) is 27.0. The average molecular weight is 532 g/mol. The Labute approximate surface area is 219 Å². The van der Waals surface area contributed by atoms with Crippen molar-refractivity contribution in [1.29, 1.82) is 0 Å². The fraction of sp³-hybridized carbons (Fsp3) is 0.192. The highest BCUT2D eigenvalue weighted by Gasteiger charge is 2.24. The normalized spacial score (nSPS) is 11.7. The van der Waals surface area contributed by atoms with Crippen molar-refractivity contribution >= 4 is 32.8 Å². The van der Waals surface area contributed by atoms with Gasteiger partial charge in [0.25, 0.3) is 15.9 Å². The van der Waals surface area contributed by atoms with Gasteiger partial charge in [0.1, 0.15) is 5.69 Å². The fourth-order valence-electron chi connectivity index (χ4n) is 3.92. The summed E-state index contributed by atoms with van der Waals surface area (Å²) in [6.07, 6.45) is 2.92. The summed E-state index contributed by atoms with van der Waals surface area (Å²) in [4.78, 5) is 21.1. The Hall–Kier alpha value is -4.58. The van der Waals surface area contributed by atoms with Crippen LogP contribution < -0.4 is 10.6 Å². The van der Waals surface area contributed by atoms with Crippen molar-refractivity contribution < 1.29 is 17.6 Å². The van der Waals surface area contributed by atoms with Gasteiger partial charge in [-0.1, -0.05) is 22.8 Å². The van der Waals surface area contributed by atoms with Crippen LogP contribution in [-0.2, 0) is 10.0 Å². The summed E-state index contributed by atoms with van der Waals surface area (Å²) in [6.45, 7) is 5.79. The van der Waals surface area contributed by atoms with Crippen LogP contribution in [0.15, 0.2) is 70.2 Å². The maximum Gasteiger partial charge on any atom is 0.315 e. The molecule has 2 aromatic carbocycles. The Morgan fingerprint density at radius 1 is 1.05 bits per heavy atom. The van der Waals surface area contributed by atoms with Crippen molar-refractivity contribution in [3.05, 3.63) is 72.2 Å². The number of carbonyl (C=O) groups excluding carboxylic acids is 1. The molecule has 2 N–H and O–H groups in total. The molecule has 3 heterocycles. The summed E-state index contributed by atoms with van der Waals surface area (Å²) in [5, 5.41) is 14.3. The third kappa shape index (κ3) is 4.61. The SMILES string of the molecule is CNC(=O)c1ccnc(-c2cn(S(=O)(=O)c3ccc(C)cc3)c3ccc(-c4nnc(NC(C)C)o4)cc23)n1. The Morgan fingerprint density at radius 2 is 1.82 bits per heavy atom. The molecule has 0 saturated heterocycles. The molecule has 194 valence electrons. The summed E-state index contributed by atoms with van der Waals surface area (Å²) in [5.41, 5.74) is 2.49. The van der Waals surface area contributed by atoms with Gasteiger partial charge in [-0.2, -0.15) is 0 Å². The van der Waals surface area contributed by atoms with Crippen LogP contribution in [-0.4, -0.2) is 51.6 Å². The Kier molecular flexibility index (Phi) is 6.41. The summed E-state index contributed by atoms with van der Waals surface area (Å²) >= 11 is 0. The predicted molar refractivity (Wildman–Crippen MR) is 142 cm³/mol. The van der Waals surface area contributed by atoms with Gasteiger partial charge in [-0.3, -0.25) is 4.79 Å². The van der Waals surface area contributed by atoms with Gasteiger partial charge in [0.2, 0.25) is 5.89 Å². The number of fused-ring (bicyclic) bond motifs is 1. The molecule has 0 aliphatic rings. The summed E-state index contributed by atoms with van der Waals surface area (Å²) in [7, 11) is -2.46. The minimum Gasteiger partial charge on any atom is -0.403 e. The molecule has 0 atom stereocenters. The number of nitrogens with zero attached hydrogens (tertiary/aromatic N) is 5. The smallest absolute Gasteiger partial charge is 0.315 e. The first kappa shape index (κ1) is 25.1. The highest BCUT2D eigenvalue weighted by Crippen LogP contribution is 2.34. The lowest BCUT2D eigenvalue weighted by Gasteiger charge is -2.08. The summed E-state index contributed by atoms with van der Waals surface area (Å²) in [5.74, 6) is 0.0652. The number of carbonyl (C=O) groups is 1. The van der Waals surface area contributed by atoms with Crippen molar-refractivity contribution in [2.45, 2.75) is 31.7 Å². The number of aromatic nitrogens is 5. The van der Waals surface area contributed by atoms with E-state index in [2.05, 4.69) is 30.8 Å². The van der Waals surface area contributed by atoms with Crippen molar-refractivity contribution in [3.8, 4) is 22.8 Å². The Morgan fingerprint density at radius 3 is 2.53 bits per heavy atom.